The monoisotopic (exact) mass is 306 g/mol. The van der Waals surface area contributed by atoms with Crippen LogP contribution in [0.15, 0.2) is 24.3 Å². The molecule has 3 nitrogen and oxygen atoms in total. The molecular formula is C19H30O3. The van der Waals surface area contributed by atoms with Gasteiger partial charge in [-0.25, -0.2) is 0 Å². The van der Waals surface area contributed by atoms with Crippen LogP contribution in [0.1, 0.15) is 63.4 Å². The average Bonchev–Trinajstić information content (AvgIpc) is 2.54. The lowest BCUT2D eigenvalue weighted by molar-refractivity contribution is -0.140. The number of carbonyl (C=O) groups excluding carboxylic acids is 1. The molecule has 22 heavy (non-hydrogen) atoms. The molecule has 1 aromatic rings. The van der Waals surface area contributed by atoms with Crippen LogP contribution >= 0.6 is 0 Å². The van der Waals surface area contributed by atoms with Crippen molar-refractivity contribution in [1.29, 1.82) is 0 Å². The summed E-state index contributed by atoms with van der Waals surface area (Å²) in [7, 11) is 1.45. The van der Waals surface area contributed by atoms with Crippen LogP contribution in [0.5, 0.6) is 5.75 Å². The van der Waals surface area contributed by atoms with Gasteiger partial charge in [-0.15, -0.1) is 0 Å². The smallest absolute Gasteiger partial charge is 0.305 e. The van der Waals surface area contributed by atoms with Crippen molar-refractivity contribution in [2.45, 2.75) is 64.7 Å². The van der Waals surface area contributed by atoms with Crippen LogP contribution in [-0.2, 0) is 9.53 Å². The number of unbranched alkanes of at least 4 members (excludes halogenated alkanes) is 7. The van der Waals surface area contributed by atoms with E-state index in [0.29, 0.717) is 6.42 Å². The summed E-state index contributed by atoms with van der Waals surface area (Å²) in [5, 5.41) is 0. The van der Waals surface area contributed by atoms with E-state index in [2.05, 4.69) is 23.8 Å². The topological polar surface area (TPSA) is 35.5 Å². The van der Waals surface area contributed by atoms with Crippen LogP contribution in [0.2, 0.25) is 0 Å². The van der Waals surface area contributed by atoms with Crippen molar-refractivity contribution in [3.8, 4) is 5.75 Å². The second-order valence-corrected chi connectivity index (χ2v) is 5.82. The SMILES string of the molecule is COC(=O)CCCCCCCCCCOc1ccc(C)cc1. The van der Waals surface area contributed by atoms with Crippen molar-refractivity contribution in [2.75, 3.05) is 13.7 Å². The molecule has 1 aromatic carbocycles. The van der Waals surface area contributed by atoms with Gasteiger partial charge in [0.05, 0.1) is 13.7 Å². The van der Waals surface area contributed by atoms with E-state index in [1.165, 1.54) is 44.8 Å². The van der Waals surface area contributed by atoms with Gasteiger partial charge in [0.15, 0.2) is 0 Å². The first-order valence-corrected chi connectivity index (χ1v) is 8.48. The number of rotatable bonds is 12. The summed E-state index contributed by atoms with van der Waals surface area (Å²) in [5.74, 6) is 0.879. The number of aryl methyl sites for hydroxylation is 1. The minimum absolute atomic E-state index is 0.0893. The minimum Gasteiger partial charge on any atom is -0.494 e. The van der Waals surface area contributed by atoms with Crippen LogP contribution in [-0.4, -0.2) is 19.7 Å². The average molecular weight is 306 g/mol. The Morgan fingerprint density at radius 3 is 2.00 bits per heavy atom. The molecule has 0 radical (unpaired) electrons. The maximum atomic E-state index is 10.9. The van der Waals surface area contributed by atoms with Gasteiger partial charge in [0.1, 0.15) is 5.75 Å². The Bertz CT molecular complexity index is 398. The van der Waals surface area contributed by atoms with E-state index in [9.17, 15) is 4.79 Å². The molecule has 0 fully saturated rings. The molecule has 3 heteroatoms. The molecule has 124 valence electrons. The molecule has 0 aliphatic carbocycles. The standard InChI is InChI=1S/C19H30O3/c1-17-12-14-18(15-13-17)22-16-10-8-6-4-3-5-7-9-11-19(20)21-2/h12-15H,3-11,16H2,1-2H3. The molecule has 0 heterocycles. The van der Waals surface area contributed by atoms with Crippen LogP contribution in [0.25, 0.3) is 0 Å². The van der Waals surface area contributed by atoms with Crippen LogP contribution in [0.4, 0.5) is 0 Å². The highest BCUT2D eigenvalue weighted by Gasteiger charge is 1.99. The highest BCUT2D eigenvalue weighted by molar-refractivity contribution is 5.68. The summed E-state index contributed by atoms with van der Waals surface area (Å²) in [6.45, 7) is 2.89. The van der Waals surface area contributed by atoms with Gasteiger partial charge in [0.25, 0.3) is 0 Å². The molecule has 0 aliphatic rings. The van der Waals surface area contributed by atoms with Gasteiger partial charge in [-0.3, -0.25) is 4.79 Å². The number of hydrogen-bond acceptors (Lipinski definition) is 3. The van der Waals surface area contributed by atoms with Gasteiger partial charge in [-0.1, -0.05) is 56.2 Å². The van der Waals surface area contributed by atoms with Crippen molar-refractivity contribution in [1.82, 2.24) is 0 Å². The minimum atomic E-state index is -0.0893. The second-order valence-electron chi connectivity index (χ2n) is 5.82. The molecule has 0 bridgehead atoms. The molecule has 0 atom stereocenters. The number of methoxy groups -OCH3 is 1. The third kappa shape index (κ3) is 9.43. The fourth-order valence-corrected chi connectivity index (χ4v) is 2.36. The van der Waals surface area contributed by atoms with Gasteiger partial charge >= 0.3 is 5.97 Å². The lowest BCUT2D eigenvalue weighted by atomic mass is 10.1. The highest BCUT2D eigenvalue weighted by Crippen LogP contribution is 2.13. The molecule has 0 spiro atoms. The zero-order valence-electron chi connectivity index (χ0n) is 14.1. The molecule has 0 amide bonds. The first-order valence-electron chi connectivity index (χ1n) is 8.48. The van der Waals surface area contributed by atoms with E-state index in [1.54, 1.807) is 0 Å². The van der Waals surface area contributed by atoms with Gasteiger partial charge in [0, 0.05) is 6.42 Å². The van der Waals surface area contributed by atoms with Crippen LogP contribution in [0, 0.1) is 6.92 Å². The quantitative estimate of drug-likeness (QED) is 0.400. The number of carbonyl (C=O) groups is 1. The predicted octanol–water partition coefficient (Wildman–Crippen LogP) is 5.06. The number of ether oxygens (including phenoxy) is 2. The van der Waals surface area contributed by atoms with Crippen LogP contribution < -0.4 is 4.74 Å². The van der Waals surface area contributed by atoms with Crippen molar-refractivity contribution < 1.29 is 14.3 Å². The van der Waals surface area contributed by atoms with Gasteiger partial charge in [0.2, 0.25) is 0 Å². The second kappa shape index (κ2) is 12.1. The van der Waals surface area contributed by atoms with E-state index in [1.807, 2.05) is 12.1 Å². The first kappa shape index (κ1) is 18.5. The summed E-state index contributed by atoms with van der Waals surface area (Å²) in [6, 6.07) is 8.22. The molecule has 0 saturated heterocycles. The van der Waals surface area contributed by atoms with Crippen molar-refractivity contribution in [3.63, 3.8) is 0 Å². The fraction of sp³-hybridized carbons (Fsp3) is 0.632. The van der Waals surface area contributed by atoms with Crippen molar-refractivity contribution in [3.05, 3.63) is 29.8 Å². The van der Waals surface area contributed by atoms with Crippen molar-refractivity contribution >= 4 is 5.97 Å². The summed E-state index contributed by atoms with van der Waals surface area (Å²) in [6.07, 6.45) is 10.0. The van der Waals surface area contributed by atoms with Crippen molar-refractivity contribution in [2.24, 2.45) is 0 Å². The number of benzene rings is 1. The maximum absolute atomic E-state index is 10.9. The predicted molar refractivity (Wildman–Crippen MR) is 90.2 cm³/mol. The Balaban J connectivity index is 1.84. The molecule has 1 rings (SSSR count). The van der Waals surface area contributed by atoms with Gasteiger partial charge in [-0.05, 0) is 31.9 Å². The van der Waals surface area contributed by atoms with Gasteiger partial charge in [-0.2, -0.15) is 0 Å². The van der Waals surface area contributed by atoms with E-state index < -0.39 is 0 Å². The summed E-state index contributed by atoms with van der Waals surface area (Å²) in [5.41, 5.74) is 1.26. The molecule has 0 aromatic heterocycles. The zero-order valence-corrected chi connectivity index (χ0v) is 14.1. The summed E-state index contributed by atoms with van der Waals surface area (Å²) >= 11 is 0. The molecule has 0 N–H and O–H groups in total. The molecule has 0 unspecified atom stereocenters. The number of hydrogen-bond donors (Lipinski definition) is 0. The lowest BCUT2D eigenvalue weighted by Crippen LogP contribution is -1.99. The summed E-state index contributed by atoms with van der Waals surface area (Å²) in [4.78, 5) is 10.9. The van der Waals surface area contributed by atoms with E-state index in [-0.39, 0.29) is 5.97 Å². The van der Waals surface area contributed by atoms with Gasteiger partial charge < -0.3 is 9.47 Å². The van der Waals surface area contributed by atoms with E-state index in [4.69, 9.17) is 4.74 Å². The number of esters is 1. The zero-order chi connectivity index (χ0) is 16.0. The maximum Gasteiger partial charge on any atom is 0.305 e. The Hall–Kier alpha value is -1.51. The molecule has 0 saturated carbocycles. The molecule has 0 aliphatic heterocycles. The highest BCUT2D eigenvalue weighted by atomic mass is 16.5. The van der Waals surface area contributed by atoms with E-state index in [0.717, 1.165) is 31.6 Å². The largest absolute Gasteiger partial charge is 0.494 e. The molecular weight excluding hydrogens is 276 g/mol. The Labute approximate surface area is 135 Å². The summed E-state index contributed by atoms with van der Waals surface area (Å²) < 4.78 is 10.3. The normalized spacial score (nSPS) is 10.5. The fourth-order valence-electron chi connectivity index (χ4n) is 2.36. The van der Waals surface area contributed by atoms with E-state index >= 15 is 0 Å². The third-order valence-electron chi connectivity index (χ3n) is 3.79. The van der Waals surface area contributed by atoms with Crippen LogP contribution in [0.3, 0.4) is 0 Å². The Morgan fingerprint density at radius 2 is 1.41 bits per heavy atom. The third-order valence-corrected chi connectivity index (χ3v) is 3.79. The first-order chi connectivity index (χ1) is 10.7. The Morgan fingerprint density at radius 1 is 0.864 bits per heavy atom. The Kier molecular flexibility index (Phi) is 10.2. The lowest BCUT2D eigenvalue weighted by Gasteiger charge is -2.06.